The van der Waals surface area contributed by atoms with Crippen molar-refractivity contribution in [1.82, 2.24) is 0 Å². The van der Waals surface area contributed by atoms with E-state index in [0.717, 1.165) is 12.1 Å². The molecule has 0 fully saturated rings. The Labute approximate surface area is 146 Å². The maximum absolute atomic E-state index is 13.5. The highest BCUT2D eigenvalue weighted by molar-refractivity contribution is 6.36. The Balaban J connectivity index is 2.07. The number of carbonyl (C=O) groups is 2. The molecule has 0 aliphatic rings. The molecule has 1 atom stereocenters. The molecule has 0 aromatic heterocycles. The maximum Gasteiger partial charge on any atom is 0.340 e. The number of amides is 1. The van der Waals surface area contributed by atoms with E-state index in [-0.39, 0.29) is 21.3 Å². The standard InChI is InChI=1S/C16H11Cl2F2NO3/c1-8(15(22)21-14-5-3-2-4-12(14)19)24-16(23)9-6-13(20)11(18)7-10(9)17/h2-8H,1H3,(H,21,22). The minimum absolute atomic E-state index is 0.0547. The summed E-state index contributed by atoms with van der Waals surface area (Å²) in [5, 5.41) is 1.92. The highest BCUT2D eigenvalue weighted by Crippen LogP contribution is 2.25. The van der Waals surface area contributed by atoms with Gasteiger partial charge in [0, 0.05) is 0 Å². The third kappa shape index (κ3) is 4.21. The number of halogens is 4. The maximum atomic E-state index is 13.5. The van der Waals surface area contributed by atoms with Crippen LogP contribution < -0.4 is 5.32 Å². The molecule has 0 aliphatic carbocycles. The molecule has 24 heavy (non-hydrogen) atoms. The van der Waals surface area contributed by atoms with E-state index in [1.165, 1.54) is 31.2 Å². The number of rotatable bonds is 4. The van der Waals surface area contributed by atoms with E-state index in [1.54, 1.807) is 0 Å². The van der Waals surface area contributed by atoms with Crippen molar-refractivity contribution in [1.29, 1.82) is 0 Å². The SMILES string of the molecule is CC(OC(=O)c1cc(F)c(Cl)cc1Cl)C(=O)Nc1ccccc1F. The van der Waals surface area contributed by atoms with Gasteiger partial charge in [-0.1, -0.05) is 35.3 Å². The van der Waals surface area contributed by atoms with Crippen LogP contribution in [0.25, 0.3) is 0 Å². The molecule has 4 nitrogen and oxygen atoms in total. The fourth-order valence-electron chi connectivity index (χ4n) is 1.75. The predicted octanol–water partition coefficient (Wildman–Crippen LogP) is 4.46. The van der Waals surface area contributed by atoms with Crippen molar-refractivity contribution in [2.45, 2.75) is 13.0 Å². The molecule has 126 valence electrons. The second kappa shape index (κ2) is 7.59. The third-order valence-electron chi connectivity index (χ3n) is 3.01. The zero-order valence-electron chi connectivity index (χ0n) is 12.3. The van der Waals surface area contributed by atoms with Gasteiger partial charge in [-0.3, -0.25) is 4.79 Å². The summed E-state index contributed by atoms with van der Waals surface area (Å²) < 4.78 is 31.8. The first-order chi connectivity index (χ1) is 11.3. The molecule has 1 amide bonds. The topological polar surface area (TPSA) is 55.4 Å². The van der Waals surface area contributed by atoms with Crippen molar-refractivity contribution in [3.8, 4) is 0 Å². The number of esters is 1. The summed E-state index contributed by atoms with van der Waals surface area (Å²) in [6.07, 6.45) is -1.26. The number of ether oxygens (including phenoxy) is 1. The van der Waals surface area contributed by atoms with E-state index in [2.05, 4.69) is 5.32 Å². The van der Waals surface area contributed by atoms with Crippen molar-refractivity contribution in [3.05, 3.63) is 63.6 Å². The molecule has 1 unspecified atom stereocenters. The van der Waals surface area contributed by atoms with Crippen molar-refractivity contribution in [3.63, 3.8) is 0 Å². The van der Waals surface area contributed by atoms with E-state index in [1.807, 2.05) is 0 Å². The lowest BCUT2D eigenvalue weighted by atomic mass is 10.2. The lowest BCUT2D eigenvalue weighted by molar-refractivity contribution is -0.123. The highest BCUT2D eigenvalue weighted by atomic mass is 35.5. The van der Waals surface area contributed by atoms with Gasteiger partial charge in [0.25, 0.3) is 5.91 Å². The van der Waals surface area contributed by atoms with E-state index in [4.69, 9.17) is 27.9 Å². The second-order valence-electron chi connectivity index (χ2n) is 4.76. The molecule has 0 heterocycles. The molecule has 2 aromatic carbocycles. The number of hydrogen-bond acceptors (Lipinski definition) is 3. The lowest BCUT2D eigenvalue weighted by Gasteiger charge is -2.14. The van der Waals surface area contributed by atoms with Gasteiger partial charge in [0.1, 0.15) is 11.6 Å². The Kier molecular flexibility index (Phi) is 5.75. The predicted molar refractivity (Wildman–Crippen MR) is 86.3 cm³/mol. The molecule has 0 radical (unpaired) electrons. The monoisotopic (exact) mass is 373 g/mol. The lowest BCUT2D eigenvalue weighted by Crippen LogP contribution is -2.30. The fourth-order valence-corrected chi connectivity index (χ4v) is 2.21. The average Bonchev–Trinajstić information content (AvgIpc) is 2.52. The van der Waals surface area contributed by atoms with Gasteiger partial charge in [-0.05, 0) is 31.2 Å². The third-order valence-corrected chi connectivity index (χ3v) is 3.62. The smallest absolute Gasteiger partial charge is 0.340 e. The Morgan fingerprint density at radius 3 is 2.42 bits per heavy atom. The van der Waals surface area contributed by atoms with Crippen LogP contribution in [0.15, 0.2) is 36.4 Å². The molecule has 0 spiro atoms. The van der Waals surface area contributed by atoms with E-state index in [0.29, 0.717) is 0 Å². The van der Waals surface area contributed by atoms with Gasteiger partial charge in [0.2, 0.25) is 0 Å². The van der Waals surface area contributed by atoms with E-state index >= 15 is 0 Å². The first kappa shape index (κ1) is 18.2. The zero-order valence-corrected chi connectivity index (χ0v) is 13.8. The van der Waals surface area contributed by atoms with Crippen LogP contribution >= 0.6 is 23.2 Å². The van der Waals surface area contributed by atoms with Gasteiger partial charge in [-0.15, -0.1) is 0 Å². The molecule has 2 rings (SSSR count). The van der Waals surface area contributed by atoms with Crippen molar-refractivity contribution in [2.24, 2.45) is 0 Å². The number of carbonyl (C=O) groups excluding carboxylic acids is 2. The molecule has 1 N–H and O–H groups in total. The number of nitrogens with one attached hydrogen (secondary N) is 1. The van der Waals surface area contributed by atoms with E-state index in [9.17, 15) is 18.4 Å². The first-order valence-corrected chi connectivity index (χ1v) is 7.46. The summed E-state index contributed by atoms with van der Waals surface area (Å²) in [6, 6.07) is 7.39. The Morgan fingerprint density at radius 1 is 1.08 bits per heavy atom. The largest absolute Gasteiger partial charge is 0.449 e. The van der Waals surface area contributed by atoms with Gasteiger partial charge in [0.05, 0.1) is 21.3 Å². The zero-order chi connectivity index (χ0) is 17.9. The van der Waals surface area contributed by atoms with Crippen LogP contribution in [0.1, 0.15) is 17.3 Å². The van der Waals surface area contributed by atoms with Crippen molar-refractivity contribution >= 4 is 40.8 Å². The first-order valence-electron chi connectivity index (χ1n) is 6.70. The molecule has 0 saturated heterocycles. The van der Waals surface area contributed by atoms with Gasteiger partial charge in [-0.25, -0.2) is 13.6 Å². The highest BCUT2D eigenvalue weighted by Gasteiger charge is 2.22. The second-order valence-corrected chi connectivity index (χ2v) is 5.58. The van der Waals surface area contributed by atoms with Crippen molar-refractivity contribution in [2.75, 3.05) is 5.32 Å². The van der Waals surface area contributed by atoms with Crippen LogP contribution in [0, 0.1) is 11.6 Å². The molecule has 0 saturated carbocycles. The summed E-state index contributed by atoms with van der Waals surface area (Å²) >= 11 is 11.3. The summed E-state index contributed by atoms with van der Waals surface area (Å²) in [7, 11) is 0. The van der Waals surface area contributed by atoms with Gasteiger partial charge < -0.3 is 10.1 Å². The minimum atomic E-state index is -1.26. The fraction of sp³-hybridized carbons (Fsp3) is 0.125. The van der Waals surface area contributed by atoms with Crippen LogP contribution in [0.4, 0.5) is 14.5 Å². The summed E-state index contributed by atoms with van der Waals surface area (Å²) in [5.74, 6) is -3.24. The van der Waals surface area contributed by atoms with Gasteiger partial charge in [0.15, 0.2) is 6.10 Å². The van der Waals surface area contributed by atoms with Crippen LogP contribution in [-0.4, -0.2) is 18.0 Å². The summed E-state index contributed by atoms with van der Waals surface area (Å²) in [6.45, 7) is 1.29. The molecular formula is C16H11Cl2F2NO3. The molecule has 2 aromatic rings. The van der Waals surface area contributed by atoms with Crippen LogP contribution in [0.3, 0.4) is 0 Å². The molecular weight excluding hydrogens is 363 g/mol. The van der Waals surface area contributed by atoms with Crippen LogP contribution in [0.5, 0.6) is 0 Å². The molecule has 0 aliphatic heterocycles. The normalized spacial score (nSPS) is 11.7. The molecule has 0 bridgehead atoms. The Bertz CT molecular complexity index is 799. The van der Waals surface area contributed by atoms with Crippen LogP contribution in [-0.2, 0) is 9.53 Å². The summed E-state index contributed by atoms with van der Waals surface area (Å²) in [4.78, 5) is 23.9. The Morgan fingerprint density at radius 2 is 1.75 bits per heavy atom. The Hall–Kier alpha value is -2.18. The number of benzene rings is 2. The number of anilines is 1. The number of hydrogen-bond donors (Lipinski definition) is 1. The van der Waals surface area contributed by atoms with Crippen molar-refractivity contribution < 1.29 is 23.1 Å². The van der Waals surface area contributed by atoms with Gasteiger partial charge in [-0.2, -0.15) is 0 Å². The molecule has 8 heteroatoms. The quantitative estimate of drug-likeness (QED) is 0.635. The van der Waals surface area contributed by atoms with E-state index < -0.39 is 29.6 Å². The number of para-hydroxylation sites is 1. The summed E-state index contributed by atoms with van der Waals surface area (Å²) in [5.41, 5.74) is -0.329. The van der Waals surface area contributed by atoms with Gasteiger partial charge >= 0.3 is 5.97 Å². The minimum Gasteiger partial charge on any atom is -0.449 e. The average molecular weight is 374 g/mol. The van der Waals surface area contributed by atoms with Crippen LogP contribution in [0.2, 0.25) is 10.0 Å².